The zero-order valence-electron chi connectivity index (χ0n) is 15.0. The van der Waals surface area contributed by atoms with Crippen LogP contribution in [0.4, 0.5) is 0 Å². The second-order valence-corrected chi connectivity index (χ2v) is 9.12. The summed E-state index contributed by atoms with van der Waals surface area (Å²) >= 11 is 8.16. The largest absolute Gasteiger partial charge is 0.353 e. The van der Waals surface area contributed by atoms with Crippen LogP contribution in [-0.4, -0.2) is 52.1 Å². The highest BCUT2D eigenvalue weighted by atomic mass is 35.5. The van der Waals surface area contributed by atoms with E-state index >= 15 is 0 Å². The van der Waals surface area contributed by atoms with Crippen LogP contribution < -0.4 is 5.32 Å². The SMILES string of the molecule is O=C(Cn1ccc2ccc(Cl)cc21)NCC1(N2CCSCC2)CCCC1. The first-order valence-electron chi connectivity index (χ1n) is 9.50. The lowest BCUT2D eigenvalue weighted by atomic mass is 9.94. The molecule has 0 atom stereocenters. The molecule has 1 saturated carbocycles. The van der Waals surface area contributed by atoms with Crippen molar-refractivity contribution in [2.24, 2.45) is 0 Å². The molecular weight excluding hydrogens is 366 g/mol. The van der Waals surface area contributed by atoms with Gasteiger partial charge in [-0.1, -0.05) is 30.5 Å². The molecule has 6 heteroatoms. The summed E-state index contributed by atoms with van der Waals surface area (Å²) in [5.74, 6) is 2.51. The van der Waals surface area contributed by atoms with Gasteiger partial charge in [0.2, 0.25) is 5.91 Å². The molecule has 1 N–H and O–H groups in total. The molecule has 1 aromatic heterocycles. The number of carbonyl (C=O) groups is 1. The van der Waals surface area contributed by atoms with Crippen LogP contribution in [0.2, 0.25) is 5.02 Å². The molecule has 1 saturated heterocycles. The Bertz CT molecular complexity index is 778. The number of aromatic nitrogens is 1. The van der Waals surface area contributed by atoms with E-state index in [1.165, 1.54) is 37.2 Å². The van der Waals surface area contributed by atoms with Crippen LogP contribution in [-0.2, 0) is 11.3 Å². The van der Waals surface area contributed by atoms with Gasteiger partial charge in [-0.2, -0.15) is 11.8 Å². The molecule has 0 unspecified atom stereocenters. The van der Waals surface area contributed by atoms with Crippen molar-refractivity contribution in [3.63, 3.8) is 0 Å². The predicted octanol–water partition coefficient (Wildman–Crippen LogP) is 3.77. The van der Waals surface area contributed by atoms with E-state index in [2.05, 4.69) is 10.2 Å². The molecule has 1 aliphatic carbocycles. The molecule has 0 bridgehead atoms. The molecule has 1 aliphatic heterocycles. The van der Waals surface area contributed by atoms with Crippen molar-refractivity contribution in [3.8, 4) is 0 Å². The van der Waals surface area contributed by atoms with Crippen molar-refractivity contribution >= 4 is 40.2 Å². The Balaban J connectivity index is 1.41. The van der Waals surface area contributed by atoms with E-state index in [1.807, 2.05) is 46.8 Å². The van der Waals surface area contributed by atoms with Crippen LogP contribution >= 0.6 is 23.4 Å². The maximum Gasteiger partial charge on any atom is 0.240 e. The van der Waals surface area contributed by atoms with Crippen LogP contribution in [0.5, 0.6) is 0 Å². The lowest BCUT2D eigenvalue weighted by Crippen LogP contribution is -2.56. The fourth-order valence-corrected chi connectivity index (χ4v) is 5.51. The number of halogens is 1. The summed E-state index contributed by atoms with van der Waals surface area (Å²) in [7, 11) is 0. The molecule has 2 aromatic rings. The number of hydrogen-bond donors (Lipinski definition) is 1. The highest BCUT2D eigenvalue weighted by Crippen LogP contribution is 2.36. The van der Waals surface area contributed by atoms with E-state index in [-0.39, 0.29) is 11.4 Å². The zero-order valence-corrected chi connectivity index (χ0v) is 16.6. The van der Waals surface area contributed by atoms with Gasteiger partial charge in [-0.3, -0.25) is 9.69 Å². The van der Waals surface area contributed by atoms with Crippen molar-refractivity contribution in [3.05, 3.63) is 35.5 Å². The first kappa shape index (κ1) is 18.2. The number of fused-ring (bicyclic) bond motifs is 1. The predicted molar refractivity (Wildman–Crippen MR) is 110 cm³/mol. The summed E-state index contributed by atoms with van der Waals surface area (Å²) in [6.07, 6.45) is 6.94. The van der Waals surface area contributed by atoms with Gasteiger partial charge in [0.25, 0.3) is 0 Å². The molecule has 2 heterocycles. The average molecular weight is 392 g/mol. The molecule has 0 spiro atoms. The first-order valence-corrected chi connectivity index (χ1v) is 11.0. The van der Waals surface area contributed by atoms with Gasteiger partial charge in [0, 0.05) is 53.4 Å². The standard InChI is InChI=1S/C20H26ClN3OS/c21-17-4-3-16-5-8-23(18(16)13-17)14-19(25)22-15-20(6-1-2-7-20)24-9-11-26-12-10-24/h3-5,8,13H,1-2,6-7,9-12,14-15H2,(H,22,25). The van der Waals surface area contributed by atoms with Gasteiger partial charge in [0.05, 0.1) is 0 Å². The van der Waals surface area contributed by atoms with E-state index in [4.69, 9.17) is 11.6 Å². The third-order valence-corrected chi connectivity index (χ3v) is 7.06. The minimum absolute atomic E-state index is 0.0835. The summed E-state index contributed by atoms with van der Waals surface area (Å²) < 4.78 is 1.98. The second kappa shape index (κ2) is 7.83. The Kier molecular flexibility index (Phi) is 5.48. The normalized spacial score (nSPS) is 20.5. The molecule has 4 rings (SSSR count). The van der Waals surface area contributed by atoms with Crippen LogP contribution in [0.15, 0.2) is 30.5 Å². The maximum atomic E-state index is 12.6. The Morgan fingerprint density at radius 2 is 1.96 bits per heavy atom. The number of carbonyl (C=O) groups excluding carboxylic acids is 1. The van der Waals surface area contributed by atoms with Gasteiger partial charge in [0.1, 0.15) is 6.54 Å². The minimum atomic E-state index is 0.0835. The fourth-order valence-electron chi connectivity index (χ4n) is 4.44. The van der Waals surface area contributed by atoms with Crippen LogP contribution in [0.25, 0.3) is 10.9 Å². The fraction of sp³-hybridized carbons (Fsp3) is 0.550. The third kappa shape index (κ3) is 3.75. The molecule has 2 fully saturated rings. The number of thioether (sulfide) groups is 1. The lowest BCUT2D eigenvalue weighted by molar-refractivity contribution is -0.122. The molecular formula is C20H26ClN3OS. The number of rotatable bonds is 5. The van der Waals surface area contributed by atoms with Crippen molar-refractivity contribution in [2.45, 2.75) is 37.8 Å². The third-order valence-electron chi connectivity index (χ3n) is 5.88. The topological polar surface area (TPSA) is 37.3 Å². The van der Waals surface area contributed by atoms with E-state index < -0.39 is 0 Å². The van der Waals surface area contributed by atoms with Crippen LogP contribution in [0.1, 0.15) is 25.7 Å². The summed E-state index contributed by atoms with van der Waals surface area (Å²) in [4.78, 5) is 15.3. The number of benzene rings is 1. The highest BCUT2D eigenvalue weighted by molar-refractivity contribution is 7.99. The number of nitrogens with zero attached hydrogens (tertiary/aromatic N) is 2. The summed E-state index contributed by atoms with van der Waals surface area (Å²) in [6.45, 7) is 3.43. The number of hydrogen-bond acceptors (Lipinski definition) is 3. The van der Waals surface area contributed by atoms with E-state index in [0.29, 0.717) is 11.6 Å². The first-order chi connectivity index (χ1) is 12.7. The number of nitrogens with one attached hydrogen (secondary N) is 1. The van der Waals surface area contributed by atoms with Gasteiger partial charge in [-0.25, -0.2) is 0 Å². The molecule has 0 radical (unpaired) electrons. The summed E-state index contributed by atoms with van der Waals surface area (Å²) in [5.41, 5.74) is 1.19. The molecule has 2 aliphatic rings. The van der Waals surface area contributed by atoms with Gasteiger partial charge in [-0.05, 0) is 36.4 Å². The van der Waals surface area contributed by atoms with Gasteiger partial charge in [0.15, 0.2) is 0 Å². The Hall–Kier alpha value is -1.17. The van der Waals surface area contributed by atoms with Crippen molar-refractivity contribution in [1.29, 1.82) is 0 Å². The van der Waals surface area contributed by atoms with Crippen molar-refractivity contribution in [2.75, 3.05) is 31.1 Å². The average Bonchev–Trinajstić information content (AvgIpc) is 3.29. The van der Waals surface area contributed by atoms with Gasteiger partial charge in [-0.15, -0.1) is 0 Å². The quantitative estimate of drug-likeness (QED) is 0.842. The van der Waals surface area contributed by atoms with Crippen LogP contribution in [0.3, 0.4) is 0 Å². The zero-order chi connectivity index (χ0) is 18.0. The second-order valence-electron chi connectivity index (χ2n) is 7.45. The Morgan fingerprint density at radius 3 is 2.73 bits per heavy atom. The summed E-state index contributed by atoms with van der Waals surface area (Å²) in [6, 6.07) is 7.83. The molecule has 140 valence electrons. The highest BCUT2D eigenvalue weighted by Gasteiger charge is 2.40. The van der Waals surface area contributed by atoms with Crippen molar-refractivity contribution < 1.29 is 4.79 Å². The molecule has 26 heavy (non-hydrogen) atoms. The lowest BCUT2D eigenvalue weighted by Gasteiger charge is -2.43. The van der Waals surface area contributed by atoms with E-state index in [1.54, 1.807) is 0 Å². The van der Waals surface area contributed by atoms with Gasteiger partial charge < -0.3 is 9.88 Å². The van der Waals surface area contributed by atoms with E-state index in [9.17, 15) is 4.79 Å². The minimum Gasteiger partial charge on any atom is -0.353 e. The Morgan fingerprint density at radius 1 is 1.19 bits per heavy atom. The van der Waals surface area contributed by atoms with Crippen molar-refractivity contribution in [1.82, 2.24) is 14.8 Å². The molecule has 1 aromatic carbocycles. The maximum absolute atomic E-state index is 12.6. The summed E-state index contributed by atoms with van der Waals surface area (Å²) in [5, 5.41) is 5.05. The monoisotopic (exact) mass is 391 g/mol. The Labute approximate surface area is 164 Å². The molecule has 4 nitrogen and oxygen atoms in total. The molecule has 1 amide bonds. The number of amides is 1. The van der Waals surface area contributed by atoms with Gasteiger partial charge >= 0.3 is 0 Å². The smallest absolute Gasteiger partial charge is 0.240 e. The van der Waals surface area contributed by atoms with Crippen LogP contribution in [0, 0.1) is 0 Å². The van der Waals surface area contributed by atoms with E-state index in [0.717, 1.165) is 30.5 Å².